The summed E-state index contributed by atoms with van der Waals surface area (Å²) in [6.07, 6.45) is 5.63. The summed E-state index contributed by atoms with van der Waals surface area (Å²) >= 11 is 0. The van der Waals surface area contributed by atoms with Crippen LogP contribution in [0.3, 0.4) is 0 Å². The first-order valence-corrected chi connectivity index (χ1v) is 8.56. The van der Waals surface area contributed by atoms with Crippen LogP contribution in [0.5, 0.6) is 0 Å². The maximum absolute atomic E-state index is 13.4. The predicted octanol–water partition coefficient (Wildman–Crippen LogP) is 3.47. The lowest BCUT2D eigenvalue weighted by molar-refractivity contribution is -0.133. The highest BCUT2D eigenvalue weighted by Gasteiger charge is 2.34. The fraction of sp³-hybridized carbons (Fsp3) is 0.474. The fourth-order valence-corrected chi connectivity index (χ4v) is 2.90. The number of carbonyl (C=O) groups excluding carboxylic acids is 1. The zero-order chi connectivity index (χ0) is 17.1. The molecule has 1 heterocycles. The summed E-state index contributed by atoms with van der Waals surface area (Å²) in [6.45, 7) is 6.04. The second-order valence-electron chi connectivity index (χ2n) is 6.99. The second kappa shape index (κ2) is 7.16. The number of nitrogens with zero attached hydrogens (tertiary/aromatic N) is 3. The van der Waals surface area contributed by atoms with Crippen LogP contribution in [-0.2, 0) is 17.9 Å². The van der Waals surface area contributed by atoms with Crippen molar-refractivity contribution in [2.45, 2.75) is 39.8 Å². The molecule has 1 saturated carbocycles. The van der Waals surface area contributed by atoms with Gasteiger partial charge in [0, 0.05) is 31.4 Å². The van der Waals surface area contributed by atoms with Gasteiger partial charge in [0.05, 0.1) is 6.54 Å². The van der Waals surface area contributed by atoms with Gasteiger partial charge in [-0.2, -0.15) is 0 Å². The van der Waals surface area contributed by atoms with Crippen LogP contribution in [0.15, 0.2) is 36.7 Å². The predicted molar refractivity (Wildman–Crippen MR) is 90.7 cm³/mol. The van der Waals surface area contributed by atoms with Gasteiger partial charge in [-0.15, -0.1) is 0 Å². The van der Waals surface area contributed by atoms with Crippen LogP contribution in [0.4, 0.5) is 4.39 Å². The Bertz CT molecular complexity index is 706. The minimum atomic E-state index is -0.237. The van der Waals surface area contributed by atoms with Crippen molar-refractivity contribution in [1.82, 2.24) is 14.5 Å². The number of rotatable bonds is 7. The van der Waals surface area contributed by atoms with Gasteiger partial charge in [-0.05, 0) is 36.5 Å². The summed E-state index contributed by atoms with van der Waals surface area (Å²) in [5, 5.41) is 0. The highest BCUT2D eigenvalue weighted by molar-refractivity contribution is 5.81. The van der Waals surface area contributed by atoms with E-state index in [0.29, 0.717) is 19.0 Å². The molecule has 0 saturated heterocycles. The Morgan fingerprint density at radius 3 is 2.88 bits per heavy atom. The summed E-state index contributed by atoms with van der Waals surface area (Å²) in [5.74, 6) is 1.46. The molecule has 0 unspecified atom stereocenters. The van der Waals surface area contributed by atoms with Crippen LogP contribution >= 0.6 is 0 Å². The molecule has 0 spiro atoms. The van der Waals surface area contributed by atoms with Gasteiger partial charge in [0.25, 0.3) is 0 Å². The van der Waals surface area contributed by atoms with E-state index in [-0.39, 0.29) is 17.6 Å². The van der Waals surface area contributed by atoms with E-state index in [2.05, 4.69) is 18.8 Å². The third-order valence-electron chi connectivity index (χ3n) is 4.20. The number of carbonyl (C=O) groups is 1. The molecular weight excluding hydrogens is 305 g/mol. The zero-order valence-corrected chi connectivity index (χ0v) is 14.3. The van der Waals surface area contributed by atoms with Gasteiger partial charge in [-0.1, -0.05) is 26.0 Å². The average molecular weight is 329 g/mol. The van der Waals surface area contributed by atoms with Crippen molar-refractivity contribution in [2.75, 3.05) is 6.54 Å². The van der Waals surface area contributed by atoms with Crippen LogP contribution < -0.4 is 0 Å². The van der Waals surface area contributed by atoms with Crippen LogP contribution in [0, 0.1) is 17.7 Å². The lowest BCUT2D eigenvalue weighted by atomic mass is 10.2. The number of amides is 1. The van der Waals surface area contributed by atoms with Crippen molar-refractivity contribution in [3.63, 3.8) is 0 Å². The van der Waals surface area contributed by atoms with E-state index >= 15 is 0 Å². The van der Waals surface area contributed by atoms with Gasteiger partial charge in [0.15, 0.2) is 0 Å². The summed E-state index contributed by atoms with van der Waals surface area (Å²) in [5.41, 5.74) is 0.887. The maximum Gasteiger partial charge on any atom is 0.226 e. The van der Waals surface area contributed by atoms with Crippen molar-refractivity contribution in [2.24, 2.45) is 11.8 Å². The van der Waals surface area contributed by atoms with Crippen LogP contribution in [0.1, 0.15) is 38.1 Å². The molecule has 0 atom stereocenters. The van der Waals surface area contributed by atoms with Gasteiger partial charge < -0.3 is 9.47 Å². The number of halogens is 1. The van der Waals surface area contributed by atoms with Gasteiger partial charge >= 0.3 is 0 Å². The average Bonchev–Trinajstić information content (AvgIpc) is 3.29. The van der Waals surface area contributed by atoms with Crippen molar-refractivity contribution in [3.05, 3.63) is 53.9 Å². The van der Waals surface area contributed by atoms with Crippen molar-refractivity contribution in [1.29, 1.82) is 0 Å². The Balaban J connectivity index is 1.74. The molecule has 1 aliphatic carbocycles. The number of aromatic nitrogens is 2. The van der Waals surface area contributed by atoms with Gasteiger partial charge in [0.1, 0.15) is 11.6 Å². The van der Waals surface area contributed by atoms with E-state index in [4.69, 9.17) is 0 Å². The Hall–Kier alpha value is -2.17. The summed E-state index contributed by atoms with van der Waals surface area (Å²) in [4.78, 5) is 18.9. The SMILES string of the molecule is CC(C)CN(Cc1nccn1Cc1cccc(F)c1)C(=O)C1CC1. The van der Waals surface area contributed by atoms with E-state index in [1.54, 1.807) is 12.3 Å². The largest absolute Gasteiger partial charge is 0.335 e. The number of hydrogen-bond acceptors (Lipinski definition) is 2. The number of benzene rings is 1. The highest BCUT2D eigenvalue weighted by atomic mass is 19.1. The normalized spacial score (nSPS) is 14.2. The zero-order valence-electron chi connectivity index (χ0n) is 14.3. The molecule has 1 aliphatic rings. The maximum atomic E-state index is 13.4. The quantitative estimate of drug-likeness (QED) is 0.780. The third kappa shape index (κ3) is 4.22. The Kier molecular flexibility index (Phi) is 4.97. The topological polar surface area (TPSA) is 38.1 Å². The summed E-state index contributed by atoms with van der Waals surface area (Å²) in [6, 6.07) is 6.58. The molecule has 1 fully saturated rings. The van der Waals surface area contributed by atoms with E-state index in [9.17, 15) is 9.18 Å². The Morgan fingerprint density at radius 2 is 2.21 bits per heavy atom. The molecule has 0 radical (unpaired) electrons. The van der Waals surface area contributed by atoms with Crippen molar-refractivity contribution < 1.29 is 9.18 Å². The smallest absolute Gasteiger partial charge is 0.226 e. The monoisotopic (exact) mass is 329 g/mol. The van der Waals surface area contributed by atoms with Crippen LogP contribution in [-0.4, -0.2) is 26.9 Å². The fourth-order valence-electron chi connectivity index (χ4n) is 2.90. The number of imidazole rings is 1. The van der Waals surface area contributed by atoms with Crippen molar-refractivity contribution >= 4 is 5.91 Å². The standard InChI is InChI=1S/C19H24FN3O/c1-14(2)11-23(19(24)16-6-7-16)13-18-21-8-9-22(18)12-15-4-3-5-17(20)10-15/h3-5,8-10,14,16H,6-7,11-13H2,1-2H3. The summed E-state index contributed by atoms with van der Waals surface area (Å²) < 4.78 is 15.4. The lowest BCUT2D eigenvalue weighted by Crippen LogP contribution is -2.35. The van der Waals surface area contributed by atoms with Gasteiger partial charge in [-0.25, -0.2) is 9.37 Å². The molecule has 1 aromatic carbocycles. The Labute approximate surface area is 142 Å². The highest BCUT2D eigenvalue weighted by Crippen LogP contribution is 2.31. The van der Waals surface area contributed by atoms with Gasteiger partial charge in [0.2, 0.25) is 5.91 Å². The minimum absolute atomic E-state index is 0.204. The molecule has 1 aromatic heterocycles. The van der Waals surface area contributed by atoms with E-state index in [1.807, 2.05) is 21.7 Å². The Morgan fingerprint density at radius 1 is 1.42 bits per heavy atom. The summed E-state index contributed by atoms with van der Waals surface area (Å²) in [7, 11) is 0. The minimum Gasteiger partial charge on any atom is -0.335 e. The first-order chi connectivity index (χ1) is 11.5. The van der Waals surface area contributed by atoms with Crippen molar-refractivity contribution in [3.8, 4) is 0 Å². The van der Waals surface area contributed by atoms with E-state index in [0.717, 1.165) is 30.8 Å². The number of hydrogen-bond donors (Lipinski definition) is 0. The van der Waals surface area contributed by atoms with Gasteiger partial charge in [-0.3, -0.25) is 4.79 Å². The van der Waals surface area contributed by atoms with E-state index < -0.39 is 0 Å². The first-order valence-electron chi connectivity index (χ1n) is 8.56. The molecule has 3 rings (SSSR count). The molecule has 1 amide bonds. The molecule has 0 aliphatic heterocycles. The molecule has 128 valence electrons. The molecule has 0 N–H and O–H groups in total. The van der Waals surface area contributed by atoms with E-state index in [1.165, 1.54) is 12.1 Å². The molecule has 24 heavy (non-hydrogen) atoms. The molecule has 2 aromatic rings. The second-order valence-corrected chi connectivity index (χ2v) is 6.99. The molecule has 5 heteroatoms. The van der Waals surface area contributed by atoms with Crippen LogP contribution in [0.25, 0.3) is 0 Å². The molecule has 0 bridgehead atoms. The third-order valence-corrected chi connectivity index (χ3v) is 4.20. The lowest BCUT2D eigenvalue weighted by Gasteiger charge is -2.25. The van der Waals surface area contributed by atoms with Crippen LogP contribution in [0.2, 0.25) is 0 Å². The first kappa shape index (κ1) is 16.7. The molecule has 4 nitrogen and oxygen atoms in total. The molecular formula is C19H24FN3O.